The van der Waals surface area contributed by atoms with Crippen LogP contribution in [0.2, 0.25) is 0 Å². The first kappa shape index (κ1) is 17.0. The molecule has 8 heteroatoms. The summed E-state index contributed by atoms with van der Waals surface area (Å²) in [6, 6.07) is 5.34. The summed E-state index contributed by atoms with van der Waals surface area (Å²) in [5.41, 5.74) is 0.638. The standard InChI is InChI=1S/C16H16N2O4S2/c19-13(17-11-4-6-23-15(11)21)9-2-1-3-10(8-9)14(20)18-12-5-7-24-16(12)22/h1-3,8,11-12H,4-7H2,(H,17,19)(H,18,20)/t11-,12+. The summed E-state index contributed by atoms with van der Waals surface area (Å²) in [6.07, 6.45) is 1.24. The Balaban J connectivity index is 1.66. The predicted octanol–water partition coefficient (Wildman–Crippen LogP) is 1.21. The normalized spacial score (nSPS) is 23.3. The fourth-order valence-electron chi connectivity index (χ4n) is 2.54. The van der Waals surface area contributed by atoms with Gasteiger partial charge in [0.2, 0.25) is 10.2 Å². The van der Waals surface area contributed by atoms with Gasteiger partial charge in [-0.25, -0.2) is 0 Å². The molecular weight excluding hydrogens is 348 g/mol. The lowest BCUT2D eigenvalue weighted by atomic mass is 10.1. The highest BCUT2D eigenvalue weighted by Crippen LogP contribution is 2.21. The first-order valence-corrected chi connectivity index (χ1v) is 9.57. The van der Waals surface area contributed by atoms with Crippen molar-refractivity contribution in [3.63, 3.8) is 0 Å². The zero-order valence-electron chi connectivity index (χ0n) is 12.7. The lowest BCUT2D eigenvalue weighted by Crippen LogP contribution is -2.38. The molecule has 0 unspecified atom stereocenters. The van der Waals surface area contributed by atoms with E-state index in [0.717, 1.165) is 0 Å². The molecule has 2 aliphatic heterocycles. The Morgan fingerprint density at radius 2 is 1.33 bits per heavy atom. The van der Waals surface area contributed by atoms with Gasteiger partial charge in [0.15, 0.2) is 0 Å². The number of amides is 2. The quantitative estimate of drug-likeness (QED) is 0.834. The molecule has 0 radical (unpaired) electrons. The third-order valence-electron chi connectivity index (χ3n) is 3.87. The van der Waals surface area contributed by atoms with Crippen molar-refractivity contribution < 1.29 is 19.2 Å². The SMILES string of the molecule is O=C(N[C@H]1CCSC1=O)c1cccc(C(=O)N[C@@H]2CCSC2=O)c1. The van der Waals surface area contributed by atoms with E-state index < -0.39 is 12.1 Å². The number of carbonyl (C=O) groups excluding carboxylic acids is 4. The van der Waals surface area contributed by atoms with Crippen molar-refractivity contribution in [3.05, 3.63) is 35.4 Å². The maximum atomic E-state index is 12.3. The topological polar surface area (TPSA) is 92.3 Å². The van der Waals surface area contributed by atoms with Crippen LogP contribution in [-0.2, 0) is 9.59 Å². The lowest BCUT2D eigenvalue weighted by molar-refractivity contribution is -0.112. The van der Waals surface area contributed by atoms with Crippen LogP contribution >= 0.6 is 23.5 Å². The molecule has 1 aromatic carbocycles. The minimum atomic E-state index is -0.465. The second kappa shape index (κ2) is 7.40. The molecule has 0 aliphatic carbocycles. The van der Waals surface area contributed by atoms with Gasteiger partial charge < -0.3 is 10.6 Å². The summed E-state index contributed by atoms with van der Waals surface area (Å²) in [5, 5.41) is 5.32. The molecule has 2 amide bonds. The Labute approximate surface area is 147 Å². The van der Waals surface area contributed by atoms with Crippen LogP contribution in [-0.4, -0.2) is 45.6 Å². The molecule has 1 aromatic rings. The highest BCUT2D eigenvalue weighted by molar-refractivity contribution is 8.14. The van der Waals surface area contributed by atoms with Crippen molar-refractivity contribution in [2.75, 3.05) is 11.5 Å². The van der Waals surface area contributed by atoms with Crippen molar-refractivity contribution in [3.8, 4) is 0 Å². The second-order valence-electron chi connectivity index (χ2n) is 5.55. The summed E-state index contributed by atoms with van der Waals surface area (Å²) in [6.45, 7) is 0. The van der Waals surface area contributed by atoms with Gasteiger partial charge in [0, 0.05) is 22.6 Å². The monoisotopic (exact) mass is 364 g/mol. The van der Waals surface area contributed by atoms with E-state index in [-0.39, 0.29) is 22.0 Å². The Morgan fingerprint density at radius 1 is 0.875 bits per heavy atom. The maximum Gasteiger partial charge on any atom is 0.251 e. The minimum absolute atomic E-state index is 0.0329. The second-order valence-corrected chi connectivity index (χ2v) is 7.74. The number of rotatable bonds is 4. The Kier molecular flexibility index (Phi) is 5.25. The van der Waals surface area contributed by atoms with Crippen molar-refractivity contribution in [2.24, 2.45) is 0 Å². The molecule has 0 spiro atoms. The van der Waals surface area contributed by atoms with E-state index in [2.05, 4.69) is 10.6 Å². The summed E-state index contributed by atoms with van der Waals surface area (Å²) >= 11 is 2.43. The largest absolute Gasteiger partial charge is 0.341 e. The molecule has 24 heavy (non-hydrogen) atoms. The van der Waals surface area contributed by atoms with E-state index >= 15 is 0 Å². The molecule has 0 aromatic heterocycles. The zero-order valence-corrected chi connectivity index (χ0v) is 14.4. The van der Waals surface area contributed by atoms with E-state index in [1.807, 2.05) is 0 Å². The van der Waals surface area contributed by atoms with Gasteiger partial charge in [-0.2, -0.15) is 0 Å². The molecule has 126 valence electrons. The summed E-state index contributed by atoms with van der Waals surface area (Å²) in [7, 11) is 0. The molecule has 0 bridgehead atoms. The third-order valence-corrected chi connectivity index (χ3v) is 5.89. The van der Waals surface area contributed by atoms with Crippen molar-refractivity contribution >= 4 is 45.6 Å². The van der Waals surface area contributed by atoms with E-state index in [9.17, 15) is 19.2 Å². The van der Waals surface area contributed by atoms with Gasteiger partial charge in [-0.05, 0) is 31.0 Å². The van der Waals surface area contributed by atoms with Crippen molar-refractivity contribution in [1.82, 2.24) is 10.6 Å². The van der Waals surface area contributed by atoms with E-state index in [1.54, 1.807) is 18.2 Å². The van der Waals surface area contributed by atoms with Gasteiger partial charge in [0.25, 0.3) is 11.8 Å². The molecule has 3 rings (SSSR count). The number of thioether (sulfide) groups is 2. The van der Waals surface area contributed by atoms with Crippen LogP contribution in [0, 0.1) is 0 Å². The molecule has 2 atom stereocenters. The van der Waals surface area contributed by atoms with Crippen LogP contribution in [0.1, 0.15) is 33.6 Å². The molecule has 0 saturated carbocycles. The maximum absolute atomic E-state index is 12.3. The summed E-state index contributed by atoms with van der Waals surface area (Å²) < 4.78 is 0. The average Bonchev–Trinajstić information content (AvgIpc) is 3.16. The number of hydrogen-bond acceptors (Lipinski definition) is 6. The van der Waals surface area contributed by atoms with Crippen LogP contribution < -0.4 is 10.6 Å². The minimum Gasteiger partial charge on any atom is -0.341 e. The number of nitrogens with one attached hydrogen (secondary N) is 2. The zero-order chi connectivity index (χ0) is 17.1. The van der Waals surface area contributed by atoms with Crippen LogP contribution in [0.25, 0.3) is 0 Å². The number of carbonyl (C=O) groups is 4. The van der Waals surface area contributed by atoms with Crippen LogP contribution in [0.4, 0.5) is 0 Å². The van der Waals surface area contributed by atoms with Gasteiger partial charge in [0.1, 0.15) is 0 Å². The molecular formula is C16H16N2O4S2. The van der Waals surface area contributed by atoms with Crippen LogP contribution in [0.5, 0.6) is 0 Å². The molecule has 2 aliphatic rings. The van der Waals surface area contributed by atoms with E-state index in [0.29, 0.717) is 35.5 Å². The fraction of sp³-hybridized carbons (Fsp3) is 0.375. The van der Waals surface area contributed by atoms with Crippen molar-refractivity contribution in [1.29, 1.82) is 0 Å². The molecule has 2 fully saturated rings. The Bertz CT molecular complexity index is 652. The fourth-order valence-corrected chi connectivity index (χ4v) is 4.40. The summed E-state index contributed by atoms with van der Waals surface area (Å²) in [5.74, 6) is 0.662. The van der Waals surface area contributed by atoms with Gasteiger partial charge in [-0.1, -0.05) is 29.6 Å². The first-order valence-electron chi connectivity index (χ1n) is 7.59. The van der Waals surface area contributed by atoms with Crippen LogP contribution in [0.15, 0.2) is 24.3 Å². The Hall–Kier alpha value is -1.80. The van der Waals surface area contributed by atoms with Crippen molar-refractivity contribution in [2.45, 2.75) is 24.9 Å². The van der Waals surface area contributed by atoms with E-state index in [1.165, 1.54) is 29.6 Å². The van der Waals surface area contributed by atoms with Gasteiger partial charge >= 0.3 is 0 Å². The van der Waals surface area contributed by atoms with Gasteiger partial charge in [0.05, 0.1) is 12.1 Å². The van der Waals surface area contributed by atoms with Gasteiger partial charge in [-0.15, -0.1) is 0 Å². The lowest BCUT2D eigenvalue weighted by Gasteiger charge is -2.12. The molecule has 2 heterocycles. The van der Waals surface area contributed by atoms with Crippen LogP contribution in [0.3, 0.4) is 0 Å². The van der Waals surface area contributed by atoms with E-state index in [4.69, 9.17) is 0 Å². The molecule has 2 N–H and O–H groups in total. The molecule has 6 nitrogen and oxygen atoms in total. The smallest absolute Gasteiger partial charge is 0.251 e. The molecule has 2 saturated heterocycles. The number of benzene rings is 1. The predicted molar refractivity (Wildman–Crippen MR) is 93.1 cm³/mol. The van der Waals surface area contributed by atoms with Gasteiger partial charge in [-0.3, -0.25) is 19.2 Å². The highest BCUT2D eigenvalue weighted by Gasteiger charge is 2.28. The number of hydrogen-bond donors (Lipinski definition) is 2. The summed E-state index contributed by atoms with van der Waals surface area (Å²) in [4.78, 5) is 47.7. The average molecular weight is 364 g/mol. The third kappa shape index (κ3) is 3.81. The highest BCUT2D eigenvalue weighted by atomic mass is 32.2. The Morgan fingerprint density at radius 3 is 1.71 bits per heavy atom. The first-order chi connectivity index (χ1) is 11.5.